The summed E-state index contributed by atoms with van der Waals surface area (Å²) in [6.07, 6.45) is 3.97. The van der Waals surface area contributed by atoms with Gasteiger partial charge in [-0.1, -0.05) is 0 Å². The Bertz CT molecular complexity index is 329. The van der Waals surface area contributed by atoms with E-state index in [2.05, 4.69) is 10.2 Å². The van der Waals surface area contributed by atoms with E-state index in [1.165, 1.54) is 11.5 Å². The molecule has 0 bridgehead atoms. The van der Waals surface area contributed by atoms with Crippen LogP contribution in [0.1, 0.15) is 41.7 Å². The van der Waals surface area contributed by atoms with Gasteiger partial charge in [0.25, 0.3) is 0 Å². The lowest BCUT2D eigenvalue weighted by Crippen LogP contribution is -2.11. The molecule has 0 aromatic carbocycles. The molecule has 0 amide bonds. The highest BCUT2D eigenvalue weighted by Crippen LogP contribution is 2.31. The Morgan fingerprint density at radius 1 is 1.57 bits per heavy atom. The second-order valence-electron chi connectivity index (χ2n) is 3.64. The normalized spacial score (nSPS) is 18.4. The first-order chi connectivity index (χ1) is 6.79. The zero-order valence-electron chi connectivity index (χ0n) is 8.25. The van der Waals surface area contributed by atoms with E-state index in [-0.39, 0.29) is 5.78 Å². The van der Waals surface area contributed by atoms with Crippen LogP contribution < -0.4 is 0 Å². The number of carbonyl (C=O) groups excluding carboxylic acids is 1. The number of aromatic nitrogens is 2. The fraction of sp³-hybridized carbons (Fsp3) is 0.600. The molecule has 0 saturated carbocycles. The van der Waals surface area contributed by atoms with E-state index in [4.69, 9.17) is 0 Å². The van der Waals surface area contributed by atoms with Crippen LogP contribution in [0.3, 0.4) is 0 Å². The Morgan fingerprint density at radius 2 is 2.29 bits per heavy atom. The number of hydrogen-bond donors (Lipinski definition) is 1. The molecule has 76 valence electrons. The van der Waals surface area contributed by atoms with Gasteiger partial charge in [0.05, 0.1) is 11.8 Å². The molecule has 3 nitrogen and oxygen atoms in total. The molecule has 0 atom stereocenters. The average Bonchev–Trinajstić information content (AvgIpc) is 2.67. The van der Waals surface area contributed by atoms with Gasteiger partial charge in [0.15, 0.2) is 5.78 Å². The Balaban J connectivity index is 2.21. The van der Waals surface area contributed by atoms with E-state index < -0.39 is 0 Å². The zero-order chi connectivity index (χ0) is 9.97. The van der Waals surface area contributed by atoms with Gasteiger partial charge in [-0.25, -0.2) is 0 Å². The van der Waals surface area contributed by atoms with Crippen molar-refractivity contribution in [3.8, 4) is 0 Å². The summed E-state index contributed by atoms with van der Waals surface area (Å²) >= 11 is 1.99. The third-order valence-corrected chi connectivity index (χ3v) is 3.73. The van der Waals surface area contributed by atoms with Gasteiger partial charge < -0.3 is 0 Å². The molecule has 0 aliphatic carbocycles. The molecule has 1 fully saturated rings. The lowest BCUT2D eigenvalue weighted by molar-refractivity contribution is 0.101. The number of hydrogen-bond acceptors (Lipinski definition) is 3. The van der Waals surface area contributed by atoms with Gasteiger partial charge in [0, 0.05) is 11.6 Å². The summed E-state index contributed by atoms with van der Waals surface area (Å²) in [4.78, 5) is 11.3. The van der Waals surface area contributed by atoms with Gasteiger partial charge in [0.2, 0.25) is 0 Å². The Kier molecular flexibility index (Phi) is 2.91. The molecule has 1 aromatic heterocycles. The fourth-order valence-corrected chi connectivity index (χ4v) is 2.98. The fourth-order valence-electron chi connectivity index (χ4n) is 1.87. The summed E-state index contributed by atoms with van der Waals surface area (Å²) in [7, 11) is 0. The molecule has 4 heteroatoms. The standard InChI is InChI=1S/C10H14N2OS/c1-7(13)9-6-11-12-10(9)8-2-4-14-5-3-8/h6,8H,2-5H2,1H3,(H,11,12). The number of nitrogens with one attached hydrogen (secondary N) is 1. The van der Waals surface area contributed by atoms with Crippen molar-refractivity contribution in [2.45, 2.75) is 25.7 Å². The molecule has 2 heterocycles. The van der Waals surface area contributed by atoms with Crippen LogP contribution in [-0.2, 0) is 0 Å². The minimum Gasteiger partial charge on any atom is -0.294 e. The Morgan fingerprint density at radius 3 is 2.93 bits per heavy atom. The second kappa shape index (κ2) is 4.17. The number of aromatic amines is 1. The van der Waals surface area contributed by atoms with E-state index in [1.807, 2.05) is 11.8 Å². The van der Waals surface area contributed by atoms with Crippen LogP contribution in [0.15, 0.2) is 6.20 Å². The molecular formula is C10H14N2OS. The summed E-state index contributed by atoms with van der Waals surface area (Å²) in [5.41, 5.74) is 1.83. The average molecular weight is 210 g/mol. The first kappa shape index (κ1) is 9.77. The van der Waals surface area contributed by atoms with E-state index in [9.17, 15) is 4.79 Å². The molecule has 1 aliphatic heterocycles. The number of rotatable bonds is 2. The van der Waals surface area contributed by atoms with Gasteiger partial charge in [-0.2, -0.15) is 16.9 Å². The van der Waals surface area contributed by atoms with Gasteiger partial charge in [-0.15, -0.1) is 0 Å². The molecule has 1 aliphatic rings. The lowest BCUT2D eigenvalue weighted by atomic mass is 9.95. The third-order valence-electron chi connectivity index (χ3n) is 2.68. The van der Waals surface area contributed by atoms with Crippen LogP contribution in [0.4, 0.5) is 0 Å². The van der Waals surface area contributed by atoms with Crippen LogP contribution >= 0.6 is 11.8 Å². The van der Waals surface area contributed by atoms with Gasteiger partial charge in [-0.3, -0.25) is 9.89 Å². The molecule has 14 heavy (non-hydrogen) atoms. The Labute approximate surface area is 87.7 Å². The smallest absolute Gasteiger partial charge is 0.163 e. The van der Waals surface area contributed by atoms with Crippen molar-refractivity contribution in [1.29, 1.82) is 0 Å². The van der Waals surface area contributed by atoms with Crippen LogP contribution in [0.5, 0.6) is 0 Å². The molecule has 2 rings (SSSR count). The SMILES string of the molecule is CC(=O)c1cn[nH]c1C1CCSCC1. The van der Waals surface area contributed by atoms with E-state index in [0.717, 1.165) is 24.1 Å². The van der Waals surface area contributed by atoms with Gasteiger partial charge >= 0.3 is 0 Å². The third kappa shape index (κ3) is 1.85. The van der Waals surface area contributed by atoms with Crippen molar-refractivity contribution in [3.05, 3.63) is 17.5 Å². The van der Waals surface area contributed by atoms with Crippen LogP contribution in [0.2, 0.25) is 0 Å². The highest BCUT2D eigenvalue weighted by atomic mass is 32.2. The Hall–Kier alpha value is -0.770. The predicted octanol–water partition coefficient (Wildman–Crippen LogP) is 2.22. The summed E-state index contributed by atoms with van der Waals surface area (Å²) in [6.45, 7) is 1.60. The maximum Gasteiger partial charge on any atom is 0.163 e. The number of carbonyl (C=O) groups is 1. The minimum absolute atomic E-state index is 0.118. The van der Waals surface area contributed by atoms with E-state index in [0.29, 0.717) is 5.92 Å². The quantitative estimate of drug-likeness (QED) is 0.761. The molecule has 0 unspecified atom stereocenters. The molecular weight excluding hydrogens is 196 g/mol. The molecule has 1 N–H and O–H groups in total. The van der Waals surface area contributed by atoms with Crippen molar-refractivity contribution in [1.82, 2.24) is 10.2 Å². The number of ketones is 1. The summed E-state index contributed by atoms with van der Waals surface area (Å²) in [6, 6.07) is 0. The summed E-state index contributed by atoms with van der Waals surface area (Å²) < 4.78 is 0. The summed E-state index contributed by atoms with van der Waals surface area (Å²) in [5, 5.41) is 6.94. The van der Waals surface area contributed by atoms with Gasteiger partial charge in [-0.05, 0) is 31.3 Å². The number of nitrogens with zero attached hydrogens (tertiary/aromatic N) is 1. The number of H-pyrrole nitrogens is 1. The van der Waals surface area contributed by atoms with Crippen molar-refractivity contribution in [3.63, 3.8) is 0 Å². The highest BCUT2D eigenvalue weighted by molar-refractivity contribution is 7.99. The lowest BCUT2D eigenvalue weighted by Gasteiger charge is -2.20. The number of Topliss-reactive ketones (excluding diaryl/α,β-unsaturated/α-hetero) is 1. The second-order valence-corrected chi connectivity index (χ2v) is 4.86. The first-order valence-corrected chi connectivity index (χ1v) is 6.06. The molecule has 1 aromatic rings. The molecule has 0 radical (unpaired) electrons. The highest BCUT2D eigenvalue weighted by Gasteiger charge is 2.21. The monoisotopic (exact) mass is 210 g/mol. The zero-order valence-corrected chi connectivity index (χ0v) is 9.06. The molecule has 0 spiro atoms. The largest absolute Gasteiger partial charge is 0.294 e. The van der Waals surface area contributed by atoms with Crippen molar-refractivity contribution in [2.24, 2.45) is 0 Å². The van der Waals surface area contributed by atoms with Crippen molar-refractivity contribution < 1.29 is 4.79 Å². The van der Waals surface area contributed by atoms with Crippen molar-refractivity contribution in [2.75, 3.05) is 11.5 Å². The first-order valence-electron chi connectivity index (χ1n) is 4.91. The molecule has 1 saturated heterocycles. The minimum atomic E-state index is 0.118. The van der Waals surface area contributed by atoms with Crippen LogP contribution in [-0.4, -0.2) is 27.5 Å². The van der Waals surface area contributed by atoms with Crippen LogP contribution in [0.25, 0.3) is 0 Å². The topological polar surface area (TPSA) is 45.8 Å². The van der Waals surface area contributed by atoms with E-state index in [1.54, 1.807) is 13.1 Å². The van der Waals surface area contributed by atoms with Gasteiger partial charge in [0.1, 0.15) is 0 Å². The predicted molar refractivity (Wildman–Crippen MR) is 57.9 cm³/mol. The maximum absolute atomic E-state index is 11.3. The van der Waals surface area contributed by atoms with Crippen molar-refractivity contribution >= 4 is 17.5 Å². The summed E-state index contributed by atoms with van der Waals surface area (Å²) in [5.74, 6) is 3.02. The van der Waals surface area contributed by atoms with E-state index >= 15 is 0 Å². The maximum atomic E-state index is 11.3. The van der Waals surface area contributed by atoms with Crippen LogP contribution in [0, 0.1) is 0 Å². The number of thioether (sulfide) groups is 1.